The Morgan fingerprint density at radius 3 is 1.32 bits per heavy atom. The molecule has 0 aliphatic carbocycles. The number of anilines is 2. The van der Waals surface area contributed by atoms with Crippen LogP contribution in [0.25, 0.3) is 11.1 Å². The van der Waals surface area contributed by atoms with Crippen LogP contribution in [0.4, 0.5) is 11.4 Å². The van der Waals surface area contributed by atoms with Gasteiger partial charge in [0.15, 0.2) is 33.7 Å². The maximum atomic E-state index is 14.0. The number of rotatable bonds is 12. The van der Waals surface area contributed by atoms with Gasteiger partial charge in [-0.05, 0) is 61.1 Å². The van der Waals surface area contributed by atoms with Gasteiger partial charge in [-0.25, -0.2) is 0 Å². The Balaban J connectivity index is 0.00000578. The first-order chi connectivity index (χ1) is 29.0. The first kappa shape index (κ1) is 45.0. The maximum Gasteiger partial charge on any atom is 1.00 e. The minimum absolute atomic E-state index is 0. The number of carbonyl (C=O) groups excluding carboxylic acids is 2. The number of carbonyl (C=O) groups is 2. The van der Waals surface area contributed by atoms with Crippen LogP contribution < -0.4 is 59.1 Å². The summed E-state index contributed by atoms with van der Waals surface area (Å²) in [5.41, 5.74) is 5.72. The van der Waals surface area contributed by atoms with Gasteiger partial charge in [-0.2, -0.15) is 16.8 Å². The SMILES string of the molecule is COc1cc2c(cc1OCCCOc1cc3c(cc1OC)C(=O)N1C=C(c4ccc(C)cc4)C[C@H]1C(S(=O)(=O)O)N3)NC(S(=O)(=O)O)[C@@H]1CC(c3ccc(C)cc3)=CN1C2=O.[Na+]. The number of hydrogen-bond donors (Lipinski definition) is 4. The van der Waals surface area contributed by atoms with Gasteiger partial charge in [0.05, 0.1) is 62.0 Å². The van der Waals surface area contributed by atoms with Gasteiger partial charge in [0.1, 0.15) is 0 Å². The van der Waals surface area contributed by atoms with Gasteiger partial charge in [0.25, 0.3) is 32.1 Å². The Hall–Kier alpha value is -5.08. The number of benzene rings is 4. The molecule has 2 amide bonds. The van der Waals surface area contributed by atoms with Crippen molar-refractivity contribution in [3.8, 4) is 23.0 Å². The largest absolute Gasteiger partial charge is 1.00 e. The van der Waals surface area contributed by atoms with Crippen molar-refractivity contribution in [1.29, 1.82) is 0 Å². The summed E-state index contributed by atoms with van der Waals surface area (Å²) < 4.78 is 95.1. The molecule has 0 spiro atoms. The number of aryl methyl sites for hydroxylation is 2. The van der Waals surface area contributed by atoms with E-state index >= 15 is 0 Å². The van der Waals surface area contributed by atoms with Crippen LogP contribution in [0, 0.1) is 13.8 Å². The number of ether oxygens (including phenoxy) is 4. The van der Waals surface area contributed by atoms with Crippen LogP contribution in [-0.2, 0) is 20.2 Å². The molecule has 0 saturated carbocycles. The number of nitrogens with one attached hydrogen (secondary N) is 2. The fraction of sp³-hybridized carbons (Fsp3) is 0.302. The summed E-state index contributed by atoms with van der Waals surface area (Å²) >= 11 is 0. The molecule has 4 aromatic carbocycles. The van der Waals surface area contributed by atoms with Crippen molar-refractivity contribution in [3.05, 3.63) is 119 Å². The summed E-state index contributed by atoms with van der Waals surface area (Å²) in [6, 6.07) is 19.2. The molecule has 4 aliphatic heterocycles. The van der Waals surface area contributed by atoms with Crippen LogP contribution >= 0.6 is 0 Å². The van der Waals surface area contributed by atoms with Crippen LogP contribution in [0.5, 0.6) is 23.0 Å². The number of fused-ring (bicyclic) bond motifs is 4. The zero-order chi connectivity index (χ0) is 43.4. The van der Waals surface area contributed by atoms with E-state index in [1.165, 1.54) is 48.3 Å². The summed E-state index contributed by atoms with van der Waals surface area (Å²) in [5.74, 6) is -0.188. The number of hydrogen-bond acceptors (Lipinski definition) is 12. The molecule has 4 atom stereocenters. The molecule has 4 heterocycles. The fourth-order valence-corrected chi connectivity index (χ4v) is 9.93. The van der Waals surface area contributed by atoms with Crippen molar-refractivity contribution in [2.45, 2.75) is 55.9 Å². The molecule has 16 nitrogen and oxygen atoms in total. The standard InChI is InChI=1S/C43H44N4O12S2.Na/c1-24-6-10-26(11-7-24)28-16-34-40(60(50,51)52)44-32-20-38(36(56-3)18-30(32)42(48)46(34)22-28)58-14-5-15-59-39-21-33-31(19-37(39)57-4)43(49)47-23-29(27-12-8-25(2)9-13-27)17-35(47)41(45-33)61(53,54)55;/h6-13,18-23,34-35,40-41,44-45H,5,14-17H2,1-4H3,(H,50,51,52)(H,53,54,55);/q;+1/t34-,35-,40?,41?;/m0./s1. The predicted octanol–water partition coefficient (Wildman–Crippen LogP) is 2.96. The maximum absolute atomic E-state index is 14.0. The molecule has 8 rings (SSSR count). The van der Waals surface area contributed by atoms with Gasteiger partial charge >= 0.3 is 29.6 Å². The third kappa shape index (κ3) is 8.77. The van der Waals surface area contributed by atoms with E-state index in [9.17, 15) is 35.5 Å². The van der Waals surface area contributed by atoms with E-state index in [1.807, 2.05) is 62.4 Å². The minimum Gasteiger partial charge on any atom is -0.493 e. The Kier molecular flexibility index (Phi) is 12.8. The summed E-state index contributed by atoms with van der Waals surface area (Å²) in [5, 5.41) is 2.66. The molecule has 62 heavy (non-hydrogen) atoms. The fourth-order valence-electron chi connectivity index (χ4n) is 8.13. The van der Waals surface area contributed by atoms with Gasteiger partial charge < -0.3 is 39.4 Å². The van der Waals surface area contributed by atoms with Crippen molar-refractivity contribution < 1.29 is 84.0 Å². The molecule has 0 aromatic heterocycles. The monoisotopic (exact) mass is 895 g/mol. The molecular formula is C43H44N4NaO12S2+. The van der Waals surface area contributed by atoms with E-state index in [0.29, 0.717) is 0 Å². The van der Waals surface area contributed by atoms with Crippen molar-refractivity contribution in [3.63, 3.8) is 0 Å². The number of methoxy groups -OCH3 is 2. The van der Waals surface area contributed by atoms with E-state index in [-0.39, 0.29) is 108 Å². The molecule has 0 fully saturated rings. The molecule has 19 heteroatoms. The molecule has 2 unspecified atom stereocenters. The Bertz CT molecular complexity index is 2520. The second-order valence-electron chi connectivity index (χ2n) is 15.3. The average molecular weight is 896 g/mol. The van der Waals surface area contributed by atoms with Crippen LogP contribution in [0.15, 0.2) is 85.2 Å². The molecule has 0 bridgehead atoms. The molecular weight excluding hydrogens is 852 g/mol. The van der Waals surface area contributed by atoms with Crippen LogP contribution in [0.1, 0.15) is 62.2 Å². The summed E-state index contributed by atoms with van der Waals surface area (Å²) in [4.78, 5) is 30.6. The summed E-state index contributed by atoms with van der Waals surface area (Å²) in [6.07, 6.45) is 3.87. The van der Waals surface area contributed by atoms with Crippen molar-refractivity contribution >= 4 is 54.6 Å². The average Bonchev–Trinajstić information content (AvgIpc) is 3.81. The smallest absolute Gasteiger partial charge is 0.493 e. The predicted molar refractivity (Wildman–Crippen MR) is 227 cm³/mol. The van der Waals surface area contributed by atoms with E-state index in [0.717, 1.165) is 33.4 Å². The van der Waals surface area contributed by atoms with Crippen LogP contribution in [0.3, 0.4) is 0 Å². The van der Waals surface area contributed by atoms with Crippen molar-refractivity contribution in [2.75, 3.05) is 38.1 Å². The third-order valence-electron chi connectivity index (χ3n) is 11.3. The number of amides is 2. The molecule has 320 valence electrons. The third-order valence-corrected chi connectivity index (χ3v) is 13.4. The van der Waals surface area contributed by atoms with E-state index in [4.69, 9.17) is 18.9 Å². The van der Waals surface area contributed by atoms with Gasteiger partial charge in [-0.3, -0.25) is 18.7 Å². The molecule has 4 N–H and O–H groups in total. The van der Waals surface area contributed by atoms with Gasteiger partial charge in [-0.15, -0.1) is 0 Å². The van der Waals surface area contributed by atoms with Gasteiger partial charge in [0, 0.05) is 31.0 Å². The second kappa shape index (κ2) is 17.6. The van der Waals surface area contributed by atoms with Gasteiger partial charge in [-0.1, -0.05) is 59.7 Å². The zero-order valence-corrected chi connectivity index (χ0v) is 38.2. The Morgan fingerprint density at radius 1 is 0.613 bits per heavy atom. The first-order valence-electron chi connectivity index (χ1n) is 19.4. The van der Waals surface area contributed by atoms with Crippen molar-refractivity contribution in [1.82, 2.24) is 9.80 Å². The van der Waals surface area contributed by atoms with E-state index < -0.39 is 54.9 Å². The second-order valence-corrected chi connectivity index (χ2v) is 18.4. The number of nitrogens with zero attached hydrogens (tertiary/aromatic N) is 2. The zero-order valence-electron chi connectivity index (χ0n) is 34.6. The molecule has 0 saturated heterocycles. The molecule has 0 radical (unpaired) electrons. The topological polar surface area (TPSA) is 210 Å². The van der Waals surface area contributed by atoms with Gasteiger partial charge in [0.2, 0.25) is 0 Å². The van der Waals surface area contributed by atoms with Crippen LogP contribution in [-0.4, -0.2) is 97.8 Å². The quantitative estimate of drug-likeness (QED) is 0.0916. The summed E-state index contributed by atoms with van der Waals surface area (Å²) in [6.45, 7) is 4.02. The van der Waals surface area contributed by atoms with Crippen molar-refractivity contribution in [2.24, 2.45) is 0 Å². The minimum atomic E-state index is -4.71. The Morgan fingerprint density at radius 2 is 0.984 bits per heavy atom. The normalized spacial score (nSPS) is 20.4. The van der Waals surface area contributed by atoms with E-state index in [2.05, 4.69) is 10.6 Å². The first-order valence-corrected chi connectivity index (χ1v) is 22.4. The van der Waals surface area contributed by atoms with E-state index in [1.54, 1.807) is 12.4 Å². The van der Waals surface area contributed by atoms with Crippen LogP contribution in [0.2, 0.25) is 0 Å². The summed E-state index contributed by atoms with van der Waals surface area (Å²) in [7, 11) is -6.62. The molecule has 4 aromatic rings. The Labute approximate surface area is 381 Å². The molecule has 4 aliphatic rings.